The molecule has 0 aromatic rings. The van der Waals surface area contributed by atoms with Gasteiger partial charge in [0, 0.05) is 6.42 Å². The minimum absolute atomic E-state index is 0.274. The third-order valence-corrected chi connectivity index (χ3v) is 3.78. The zero-order valence-corrected chi connectivity index (χ0v) is 19.8. The van der Waals surface area contributed by atoms with Crippen LogP contribution >= 0.6 is 0 Å². The van der Waals surface area contributed by atoms with E-state index in [9.17, 15) is 31.6 Å². The second-order valence-electron chi connectivity index (χ2n) is 8.73. The van der Waals surface area contributed by atoms with Gasteiger partial charge >= 0.3 is 18.2 Å². The number of ether oxygens (including phenoxy) is 3. The first kappa shape index (κ1) is 29.0. The van der Waals surface area contributed by atoms with Gasteiger partial charge in [0.15, 0.2) is 0 Å². The fraction of sp³-hybridized carbons (Fsp3) is 0.833. The first-order chi connectivity index (χ1) is 13.7. The molecule has 10 nitrogen and oxygen atoms in total. The number of imide groups is 1. The van der Waals surface area contributed by atoms with Crippen LogP contribution in [0.15, 0.2) is 0 Å². The Morgan fingerprint density at radius 3 is 1.68 bits per heavy atom. The van der Waals surface area contributed by atoms with Crippen molar-refractivity contribution in [2.24, 2.45) is 0 Å². The second-order valence-corrected chi connectivity index (χ2v) is 10.4. The smallest absolute Gasteiger partial charge is 0.420 e. The van der Waals surface area contributed by atoms with Crippen molar-refractivity contribution in [3.8, 4) is 0 Å². The van der Waals surface area contributed by atoms with E-state index >= 15 is 0 Å². The second kappa shape index (κ2) is 10.5. The topological polar surface area (TPSA) is 126 Å². The predicted molar refractivity (Wildman–Crippen MR) is 105 cm³/mol. The van der Waals surface area contributed by atoms with E-state index in [4.69, 9.17) is 9.47 Å². The molecule has 0 radical (unpaired) electrons. The molecule has 0 spiro atoms. The maximum atomic E-state index is 14.1. The number of nitrogens with zero attached hydrogens (tertiary/aromatic N) is 1. The lowest BCUT2D eigenvalue weighted by molar-refractivity contribution is -0.147. The Morgan fingerprint density at radius 2 is 1.35 bits per heavy atom. The summed E-state index contributed by atoms with van der Waals surface area (Å²) in [7, 11) is -3.18. The summed E-state index contributed by atoms with van der Waals surface area (Å²) < 4.78 is 69.0. The predicted octanol–water partition coefficient (Wildman–Crippen LogP) is 3.09. The fourth-order valence-electron chi connectivity index (χ4n) is 2.05. The number of hydrogen-bond donors (Lipinski definition) is 0. The van der Waals surface area contributed by atoms with Crippen LogP contribution in [0.25, 0.3) is 0 Å². The third-order valence-electron chi connectivity index (χ3n) is 3.23. The third kappa shape index (κ3) is 12.4. The minimum Gasteiger partial charge on any atom is -0.467 e. The van der Waals surface area contributed by atoms with Crippen molar-refractivity contribution in [3.63, 3.8) is 0 Å². The van der Waals surface area contributed by atoms with E-state index in [1.807, 2.05) is 0 Å². The summed E-state index contributed by atoms with van der Waals surface area (Å²) in [6, 6.07) is -1.82. The molecule has 13 heteroatoms. The van der Waals surface area contributed by atoms with Gasteiger partial charge in [-0.2, -0.15) is 13.3 Å². The monoisotopic (exact) mass is 475 g/mol. The average Bonchev–Trinajstić information content (AvgIpc) is 2.52. The Bertz CT molecular complexity index is 727. The molecule has 0 N–H and O–H groups in total. The van der Waals surface area contributed by atoms with Crippen LogP contribution in [0.5, 0.6) is 0 Å². The highest BCUT2D eigenvalue weighted by atomic mass is 32.2. The van der Waals surface area contributed by atoms with Gasteiger partial charge in [0.2, 0.25) is 0 Å². The van der Waals surface area contributed by atoms with Crippen LogP contribution < -0.4 is 0 Å². The van der Waals surface area contributed by atoms with Gasteiger partial charge in [0.25, 0.3) is 16.0 Å². The van der Waals surface area contributed by atoms with E-state index in [0.717, 1.165) is 7.11 Å². The molecule has 0 saturated carbocycles. The van der Waals surface area contributed by atoms with Crippen molar-refractivity contribution in [2.45, 2.75) is 77.6 Å². The molecule has 2 amide bonds. The van der Waals surface area contributed by atoms with E-state index in [2.05, 4.69) is 8.92 Å². The van der Waals surface area contributed by atoms with Gasteiger partial charge in [-0.25, -0.2) is 23.2 Å². The van der Waals surface area contributed by atoms with Crippen molar-refractivity contribution in [1.29, 1.82) is 0 Å². The van der Waals surface area contributed by atoms with E-state index in [1.165, 1.54) is 41.5 Å². The van der Waals surface area contributed by atoms with Crippen LogP contribution in [-0.2, 0) is 33.3 Å². The quantitative estimate of drug-likeness (QED) is 0.296. The highest BCUT2D eigenvalue weighted by Crippen LogP contribution is 2.26. The molecule has 0 saturated heterocycles. The zero-order valence-electron chi connectivity index (χ0n) is 19.0. The van der Waals surface area contributed by atoms with E-state index in [0.29, 0.717) is 6.26 Å². The van der Waals surface area contributed by atoms with Gasteiger partial charge in [-0.3, -0.25) is 4.18 Å². The van der Waals surface area contributed by atoms with Gasteiger partial charge in [0.1, 0.15) is 23.9 Å². The number of hydrogen-bond acceptors (Lipinski definition) is 9. The molecule has 0 aliphatic rings. The lowest BCUT2D eigenvalue weighted by Crippen LogP contribution is -2.52. The van der Waals surface area contributed by atoms with Crippen molar-refractivity contribution in [3.05, 3.63) is 0 Å². The Hall–Kier alpha value is -2.02. The van der Waals surface area contributed by atoms with Crippen LogP contribution in [-0.4, -0.2) is 74.6 Å². The summed E-state index contributed by atoms with van der Waals surface area (Å²) in [4.78, 5) is 37.8. The fourth-order valence-corrected chi connectivity index (χ4v) is 2.44. The number of carbonyl (C=O) groups excluding carboxylic acids is 3. The van der Waals surface area contributed by atoms with E-state index in [1.54, 1.807) is 0 Å². The molecule has 0 heterocycles. The number of rotatable bonds is 8. The Morgan fingerprint density at radius 1 is 0.935 bits per heavy atom. The summed E-state index contributed by atoms with van der Waals surface area (Å²) in [6.45, 7) is 7.54. The first-order valence-electron chi connectivity index (χ1n) is 9.23. The first-order valence-corrected chi connectivity index (χ1v) is 11.0. The molecular weight excluding hydrogens is 444 g/mol. The summed E-state index contributed by atoms with van der Waals surface area (Å²) in [6.07, 6.45) is -3.87. The SMILES string of the molecule is COC(=O)[C@H](CCC(F)(F)COS(C)(=O)=O)N(C(=O)OC(C)(C)C)C(=O)OC(C)(C)C. The number of amides is 2. The van der Waals surface area contributed by atoms with Crippen molar-refractivity contribution in [2.75, 3.05) is 20.0 Å². The number of esters is 1. The van der Waals surface area contributed by atoms with Gasteiger partial charge in [0.05, 0.1) is 13.4 Å². The molecule has 0 bridgehead atoms. The normalized spacial score (nSPS) is 13.9. The van der Waals surface area contributed by atoms with Crippen molar-refractivity contribution >= 4 is 28.3 Å². The van der Waals surface area contributed by atoms with Gasteiger partial charge < -0.3 is 14.2 Å². The molecular formula is C18H31F2NO9S. The zero-order chi connectivity index (χ0) is 24.8. The molecule has 0 rings (SSSR count). The molecule has 0 aliphatic heterocycles. The van der Waals surface area contributed by atoms with Crippen LogP contribution in [0.4, 0.5) is 18.4 Å². The Balaban J connectivity index is 5.87. The summed E-state index contributed by atoms with van der Waals surface area (Å²) >= 11 is 0. The summed E-state index contributed by atoms with van der Waals surface area (Å²) in [5, 5.41) is 0. The average molecular weight is 476 g/mol. The molecule has 0 aromatic carbocycles. The number of carbonyl (C=O) groups is 3. The van der Waals surface area contributed by atoms with Crippen molar-refractivity contribution < 1.29 is 50.0 Å². The Kier molecular flexibility index (Phi) is 9.84. The molecule has 182 valence electrons. The van der Waals surface area contributed by atoms with Gasteiger partial charge in [-0.1, -0.05) is 0 Å². The van der Waals surface area contributed by atoms with Crippen LogP contribution in [0, 0.1) is 0 Å². The standard InChI is InChI=1S/C18H31F2NO9S/c1-16(2,3)29-14(23)21(15(24)30-17(4,5)6)12(13(22)27-7)9-10-18(19,20)11-28-31(8,25)26/h12H,9-11H2,1-8H3/t12-/m0/s1. The van der Waals surface area contributed by atoms with Crippen molar-refractivity contribution in [1.82, 2.24) is 4.90 Å². The molecule has 1 atom stereocenters. The highest BCUT2D eigenvalue weighted by molar-refractivity contribution is 7.85. The molecule has 31 heavy (non-hydrogen) atoms. The van der Waals surface area contributed by atoms with Gasteiger partial charge in [-0.05, 0) is 48.0 Å². The van der Waals surface area contributed by atoms with Crippen LogP contribution in [0.2, 0.25) is 0 Å². The van der Waals surface area contributed by atoms with Crippen LogP contribution in [0.1, 0.15) is 54.4 Å². The maximum Gasteiger partial charge on any atom is 0.420 e. The molecule has 0 fully saturated rings. The number of halogens is 2. The lowest BCUT2D eigenvalue weighted by Gasteiger charge is -2.32. The molecule has 0 aromatic heterocycles. The minimum atomic E-state index is -4.13. The molecule has 0 unspecified atom stereocenters. The van der Waals surface area contributed by atoms with Gasteiger partial charge in [-0.15, -0.1) is 0 Å². The van der Waals surface area contributed by atoms with E-state index in [-0.39, 0.29) is 4.90 Å². The lowest BCUT2D eigenvalue weighted by atomic mass is 10.1. The largest absolute Gasteiger partial charge is 0.467 e. The number of methoxy groups -OCH3 is 1. The molecule has 0 aliphatic carbocycles. The Labute approximate surface area is 181 Å². The maximum absolute atomic E-state index is 14.1. The van der Waals surface area contributed by atoms with E-state index < -0.39 is 70.9 Å². The highest BCUT2D eigenvalue weighted by Gasteiger charge is 2.43. The number of alkyl halides is 2. The summed E-state index contributed by atoms with van der Waals surface area (Å²) in [5.41, 5.74) is -2.16. The summed E-state index contributed by atoms with van der Waals surface area (Å²) in [5.74, 6) is -4.86. The van der Waals surface area contributed by atoms with Crippen LogP contribution in [0.3, 0.4) is 0 Å².